The smallest absolute Gasteiger partial charge is 0.462 e. The minimum atomic E-state index is -4.96. The van der Waals surface area contributed by atoms with Crippen molar-refractivity contribution in [3.05, 3.63) is 0 Å². The van der Waals surface area contributed by atoms with Gasteiger partial charge in [0.25, 0.3) is 0 Å². The van der Waals surface area contributed by atoms with Gasteiger partial charge in [-0.3, -0.25) is 37.3 Å². The van der Waals surface area contributed by atoms with E-state index in [1.165, 1.54) is 218 Å². The highest BCUT2D eigenvalue weighted by Gasteiger charge is 2.30. The Morgan fingerprint density at radius 1 is 0.281 bits per heavy atom. The number of carbonyl (C=O) groups excluding carboxylic acids is 4. The molecule has 0 aromatic carbocycles. The number of aliphatic hydroxyl groups is 1. The SMILES string of the molecule is CCCCCCCCCCCCCCCCCCC(=O)O[C@H](COC(=O)CCCCCCCCCCCCCCC(C)C)COP(=O)(O)OC[C@@H](O)COP(=O)(O)OC[C@@H](COC(=O)CCCCCCCCCCC(C)C)OC(=O)CCCCCCCCCCCCCCCC. The molecule has 19 heteroatoms. The van der Waals surface area contributed by atoms with Gasteiger partial charge in [0.15, 0.2) is 12.2 Å². The van der Waals surface area contributed by atoms with Gasteiger partial charge in [0.05, 0.1) is 26.4 Å². The highest BCUT2D eigenvalue weighted by molar-refractivity contribution is 7.47. The number of phosphoric acid groups is 2. The second-order valence-corrected chi connectivity index (χ2v) is 31.6. The lowest BCUT2D eigenvalue weighted by Gasteiger charge is -2.21. The molecule has 0 spiro atoms. The molecular formula is C77H150O17P2. The van der Waals surface area contributed by atoms with Crippen molar-refractivity contribution in [2.24, 2.45) is 11.8 Å². The van der Waals surface area contributed by atoms with E-state index in [1.807, 2.05) is 0 Å². The summed E-state index contributed by atoms with van der Waals surface area (Å²) in [5, 5.41) is 10.6. The van der Waals surface area contributed by atoms with Crippen LogP contribution in [0.4, 0.5) is 0 Å². The van der Waals surface area contributed by atoms with E-state index < -0.39 is 97.5 Å². The summed E-state index contributed by atoms with van der Waals surface area (Å²) in [6, 6.07) is 0. The third-order valence-corrected chi connectivity index (χ3v) is 19.9. The van der Waals surface area contributed by atoms with Crippen LogP contribution in [0.3, 0.4) is 0 Å². The van der Waals surface area contributed by atoms with E-state index in [2.05, 4.69) is 41.5 Å². The average molecular weight is 1410 g/mol. The van der Waals surface area contributed by atoms with Crippen molar-refractivity contribution < 1.29 is 80.2 Å². The zero-order valence-corrected chi connectivity index (χ0v) is 64.5. The molecule has 2 unspecified atom stereocenters. The highest BCUT2D eigenvalue weighted by atomic mass is 31.2. The van der Waals surface area contributed by atoms with Crippen LogP contribution in [0.15, 0.2) is 0 Å². The number of esters is 4. The summed E-state index contributed by atoms with van der Waals surface area (Å²) in [7, 11) is -9.91. The van der Waals surface area contributed by atoms with Gasteiger partial charge >= 0.3 is 39.5 Å². The molecule has 0 aromatic heterocycles. The van der Waals surface area contributed by atoms with Gasteiger partial charge in [0.2, 0.25) is 0 Å². The summed E-state index contributed by atoms with van der Waals surface area (Å²) in [4.78, 5) is 72.9. The molecule has 96 heavy (non-hydrogen) atoms. The van der Waals surface area contributed by atoms with Gasteiger partial charge < -0.3 is 33.8 Å². The van der Waals surface area contributed by atoms with Gasteiger partial charge in [0.1, 0.15) is 19.3 Å². The number of hydrogen-bond acceptors (Lipinski definition) is 15. The number of carbonyl (C=O) groups is 4. The van der Waals surface area contributed by atoms with Crippen molar-refractivity contribution in [1.29, 1.82) is 0 Å². The largest absolute Gasteiger partial charge is 0.472 e. The van der Waals surface area contributed by atoms with E-state index in [0.717, 1.165) is 102 Å². The number of aliphatic hydroxyl groups excluding tert-OH is 1. The van der Waals surface area contributed by atoms with Crippen molar-refractivity contribution in [2.75, 3.05) is 39.6 Å². The van der Waals surface area contributed by atoms with Crippen LogP contribution < -0.4 is 0 Å². The Bertz CT molecular complexity index is 1860. The molecule has 0 heterocycles. The standard InChI is InChI=1S/C77H150O17P2/c1-7-9-11-13-15-17-19-21-23-24-26-32-36-44-50-56-62-77(82)93-72(65-87-74(79)59-53-47-41-34-30-28-27-29-33-39-45-51-57-69(3)4)67-91-95(83,84)89-63-71(78)64-90-96(85,86)92-68-73(66-88-75(80)60-54-48-42-38-37-40-46-52-58-70(5)6)94-76(81)61-55-49-43-35-31-25-22-20-18-16-14-12-10-8-2/h69-73,78H,7-68H2,1-6H3,(H,83,84)(H,85,86)/t71-,72-,73-/m1/s1. The van der Waals surface area contributed by atoms with E-state index in [1.54, 1.807) is 0 Å². The molecule has 0 amide bonds. The Morgan fingerprint density at radius 2 is 0.479 bits per heavy atom. The maximum absolute atomic E-state index is 13.1. The average Bonchev–Trinajstić information content (AvgIpc) is 1.20. The van der Waals surface area contributed by atoms with Crippen LogP contribution in [0.2, 0.25) is 0 Å². The highest BCUT2D eigenvalue weighted by Crippen LogP contribution is 2.45. The number of hydrogen-bond donors (Lipinski definition) is 3. The maximum atomic E-state index is 13.1. The molecule has 17 nitrogen and oxygen atoms in total. The van der Waals surface area contributed by atoms with Gasteiger partial charge in [-0.1, -0.05) is 350 Å². The molecule has 0 aliphatic carbocycles. The normalized spacial score (nSPS) is 14.0. The quantitative estimate of drug-likeness (QED) is 0.0222. The van der Waals surface area contributed by atoms with Gasteiger partial charge in [0, 0.05) is 25.7 Å². The van der Waals surface area contributed by atoms with Crippen LogP contribution in [0.5, 0.6) is 0 Å². The van der Waals surface area contributed by atoms with Gasteiger partial charge in [-0.2, -0.15) is 0 Å². The third-order valence-electron chi connectivity index (χ3n) is 18.0. The molecule has 0 saturated carbocycles. The summed E-state index contributed by atoms with van der Waals surface area (Å²) in [6.07, 6.45) is 56.8. The number of unbranched alkanes of at least 4 members (excludes halogenated alkanes) is 46. The van der Waals surface area contributed by atoms with Crippen LogP contribution >= 0.6 is 15.6 Å². The number of phosphoric ester groups is 2. The summed E-state index contributed by atoms with van der Waals surface area (Å²) in [5.74, 6) is -0.604. The fourth-order valence-corrected chi connectivity index (χ4v) is 13.4. The summed E-state index contributed by atoms with van der Waals surface area (Å²) >= 11 is 0. The lowest BCUT2D eigenvalue weighted by molar-refractivity contribution is -0.161. The summed E-state index contributed by atoms with van der Waals surface area (Å²) in [5.41, 5.74) is 0. The Morgan fingerprint density at radius 3 is 0.708 bits per heavy atom. The first-order valence-electron chi connectivity index (χ1n) is 40.0. The molecule has 0 fully saturated rings. The molecule has 0 bridgehead atoms. The molecule has 570 valence electrons. The van der Waals surface area contributed by atoms with E-state index in [-0.39, 0.29) is 25.7 Å². The van der Waals surface area contributed by atoms with Crippen LogP contribution in [0.25, 0.3) is 0 Å². The van der Waals surface area contributed by atoms with E-state index in [4.69, 9.17) is 37.0 Å². The predicted molar refractivity (Wildman–Crippen MR) is 391 cm³/mol. The maximum Gasteiger partial charge on any atom is 0.472 e. The lowest BCUT2D eigenvalue weighted by atomic mass is 10.0. The Hall–Kier alpha value is -1.94. The first-order valence-corrected chi connectivity index (χ1v) is 43.0. The summed E-state index contributed by atoms with van der Waals surface area (Å²) < 4.78 is 68.6. The van der Waals surface area contributed by atoms with Gasteiger partial charge in [-0.15, -0.1) is 0 Å². The molecule has 0 radical (unpaired) electrons. The van der Waals surface area contributed by atoms with Gasteiger partial charge in [-0.25, -0.2) is 9.13 Å². The Balaban J connectivity index is 5.26. The fraction of sp³-hybridized carbons (Fsp3) is 0.948. The monoisotopic (exact) mass is 1410 g/mol. The van der Waals surface area contributed by atoms with Gasteiger partial charge in [-0.05, 0) is 37.5 Å². The number of ether oxygens (including phenoxy) is 4. The van der Waals surface area contributed by atoms with E-state index >= 15 is 0 Å². The fourth-order valence-electron chi connectivity index (χ4n) is 11.8. The first kappa shape index (κ1) is 94.1. The minimum Gasteiger partial charge on any atom is -0.462 e. The molecule has 0 saturated heterocycles. The molecule has 5 atom stereocenters. The van der Waals surface area contributed by atoms with Crippen molar-refractivity contribution >= 4 is 39.5 Å². The number of rotatable bonds is 76. The predicted octanol–water partition coefficient (Wildman–Crippen LogP) is 22.7. The third kappa shape index (κ3) is 70.5. The van der Waals surface area contributed by atoms with E-state index in [0.29, 0.717) is 25.7 Å². The molecule has 0 aliphatic heterocycles. The topological polar surface area (TPSA) is 237 Å². The first-order chi connectivity index (χ1) is 46.4. The van der Waals surface area contributed by atoms with Crippen LogP contribution in [-0.4, -0.2) is 96.7 Å². The van der Waals surface area contributed by atoms with Crippen LogP contribution in [0, 0.1) is 11.8 Å². The summed E-state index contributed by atoms with van der Waals surface area (Å²) in [6.45, 7) is 9.59. The lowest BCUT2D eigenvalue weighted by Crippen LogP contribution is -2.30. The van der Waals surface area contributed by atoms with Crippen molar-refractivity contribution in [2.45, 2.75) is 419 Å². The second-order valence-electron chi connectivity index (χ2n) is 28.7. The van der Waals surface area contributed by atoms with E-state index in [9.17, 15) is 43.2 Å². The zero-order chi connectivity index (χ0) is 70.7. The molecular weight excluding hydrogens is 1260 g/mol. The minimum absolute atomic E-state index is 0.107. The zero-order valence-electron chi connectivity index (χ0n) is 62.7. The Labute approximate surface area is 588 Å². The van der Waals surface area contributed by atoms with Crippen molar-refractivity contribution in [3.63, 3.8) is 0 Å². The molecule has 3 N–H and O–H groups in total. The molecule has 0 rings (SSSR count). The molecule has 0 aromatic rings. The van der Waals surface area contributed by atoms with Crippen LogP contribution in [-0.2, 0) is 65.4 Å². The van der Waals surface area contributed by atoms with Crippen molar-refractivity contribution in [3.8, 4) is 0 Å². The van der Waals surface area contributed by atoms with Crippen molar-refractivity contribution in [1.82, 2.24) is 0 Å². The Kier molecular flexibility index (Phi) is 67.4. The van der Waals surface area contributed by atoms with Crippen LogP contribution in [0.1, 0.15) is 401 Å². The second kappa shape index (κ2) is 68.8. The molecule has 0 aliphatic rings.